The van der Waals surface area contributed by atoms with E-state index in [0.29, 0.717) is 0 Å². The van der Waals surface area contributed by atoms with Gasteiger partial charge in [-0.15, -0.1) is 0 Å². The van der Waals surface area contributed by atoms with Gasteiger partial charge in [0.25, 0.3) is 8.32 Å². The van der Waals surface area contributed by atoms with Crippen LogP contribution in [-0.2, 0) is 23.1 Å². The van der Waals surface area contributed by atoms with E-state index in [2.05, 4.69) is 103 Å². The third-order valence-corrected chi connectivity index (χ3v) is 18.2. The maximum absolute atomic E-state index is 13.9. The van der Waals surface area contributed by atoms with Gasteiger partial charge in [-0.3, -0.25) is 4.79 Å². The summed E-state index contributed by atoms with van der Waals surface area (Å²) in [5, 5.41) is 13.8. The summed E-state index contributed by atoms with van der Waals surface area (Å²) in [6.45, 7) is 23.2. The van der Waals surface area contributed by atoms with Crippen molar-refractivity contribution in [1.29, 1.82) is 0 Å². The molecule has 0 aliphatic carbocycles. The minimum atomic E-state index is -2.81. The number of rotatable bonds is 11. The first kappa shape index (κ1) is 33.8. The van der Waals surface area contributed by atoms with Crippen LogP contribution in [0.25, 0.3) is 0 Å². The van der Waals surface area contributed by atoms with Crippen molar-refractivity contribution in [3.8, 4) is 0 Å². The molecule has 228 valence electrons. The highest BCUT2D eigenvalue weighted by molar-refractivity contribution is 6.99. The molecule has 6 nitrogen and oxygen atoms in total. The molecule has 2 aromatic rings. The third-order valence-electron chi connectivity index (χ3n) is 8.71. The number of Topliss-reactive ketones (excluding diaryl/α,β-unsaturated/α-hetero) is 1. The molecule has 3 rings (SSSR count). The van der Waals surface area contributed by atoms with Gasteiger partial charge in [0.15, 0.2) is 19.9 Å². The Labute approximate surface area is 250 Å². The predicted octanol–water partition coefficient (Wildman–Crippen LogP) is 5.67. The van der Waals surface area contributed by atoms with Gasteiger partial charge in [-0.2, -0.15) is 0 Å². The molecule has 1 N–H and O–H groups in total. The lowest BCUT2D eigenvalue weighted by molar-refractivity contribution is -0.161. The number of hydrogen-bond donors (Lipinski definition) is 1. The van der Waals surface area contributed by atoms with E-state index in [-0.39, 0.29) is 35.0 Å². The summed E-state index contributed by atoms with van der Waals surface area (Å²) in [5.74, 6) is -1.51. The quantitative estimate of drug-likeness (QED) is 0.335. The van der Waals surface area contributed by atoms with E-state index in [9.17, 15) is 9.90 Å². The van der Waals surface area contributed by atoms with Crippen molar-refractivity contribution in [3.63, 3.8) is 0 Å². The third kappa shape index (κ3) is 7.47. The Morgan fingerprint density at radius 3 is 1.83 bits per heavy atom. The Bertz CT molecular complexity index is 1100. The number of aliphatic hydroxyl groups excluding tert-OH is 1. The fraction of sp³-hybridized carbons (Fsp3) is 0.606. The minimum Gasteiger partial charge on any atom is -0.407 e. The van der Waals surface area contributed by atoms with Gasteiger partial charge in [0.1, 0.15) is 12.2 Å². The fourth-order valence-electron chi connectivity index (χ4n) is 5.22. The normalized spacial score (nSPS) is 20.4. The van der Waals surface area contributed by atoms with Gasteiger partial charge in [-0.05, 0) is 47.4 Å². The molecule has 1 aliphatic heterocycles. The SMILES string of the molecule is C[C@H](CO[Si](c1ccccc1)(c1ccccc1)C(C)(C)C)[C@H](O)[C@@H](O[Si](C)(C)C(C)(C)C)C(=O)[C@@H]1COC(C)(C)O1. The molecule has 0 spiro atoms. The van der Waals surface area contributed by atoms with Crippen LogP contribution in [0.4, 0.5) is 0 Å². The Hall–Kier alpha value is -1.66. The van der Waals surface area contributed by atoms with E-state index in [0.717, 1.165) is 0 Å². The molecule has 1 saturated heterocycles. The monoisotopic (exact) mass is 600 g/mol. The summed E-state index contributed by atoms with van der Waals surface area (Å²) in [6.07, 6.45) is -2.92. The van der Waals surface area contributed by atoms with Crippen LogP contribution in [0.3, 0.4) is 0 Å². The second kappa shape index (κ2) is 12.5. The van der Waals surface area contributed by atoms with Gasteiger partial charge in [0.2, 0.25) is 0 Å². The summed E-state index contributed by atoms with van der Waals surface area (Å²) in [6, 6.07) is 20.9. The fourth-order valence-corrected chi connectivity index (χ4v) is 11.1. The van der Waals surface area contributed by atoms with E-state index in [1.54, 1.807) is 13.8 Å². The predicted molar refractivity (Wildman–Crippen MR) is 171 cm³/mol. The number of aliphatic hydroxyl groups is 1. The summed E-state index contributed by atoms with van der Waals surface area (Å²) >= 11 is 0. The lowest BCUT2D eigenvalue weighted by atomic mass is 9.96. The van der Waals surface area contributed by atoms with Gasteiger partial charge < -0.3 is 23.4 Å². The molecular formula is C33H52O6Si2. The molecule has 0 radical (unpaired) electrons. The van der Waals surface area contributed by atoms with E-state index in [1.165, 1.54) is 10.4 Å². The first-order valence-corrected chi connectivity index (χ1v) is 19.6. The van der Waals surface area contributed by atoms with Crippen LogP contribution in [-0.4, -0.2) is 64.8 Å². The lowest BCUT2D eigenvalue weighted by Gasteiger charge is -2.44. The average Bonchev–Trinajstić information content (AvgIpc) is 3.26. The maximum atomic E-state index is 13.9. The Kier molecular flexibility index (Phi) is 10.3. The summed E-state index contributed by atoms with van der Waals surface area (Å²) < 4.78 is 25.4. The van der Waals surface area contributed by atoms with Crippen molar-refractivity contribution in [1.82, 2.24) is 0 Å². The van der Waals surface area contributed by atoms with E-state index in [4.69, 9.17) is 18.3 Å². The second-order valence-electron chi connectivity index (χ2n) is 14.5. The molecule has 4 atom stereocenters. The zero-order chi connectivity index (χ0) is 30.9. The number of carbonyl (C=O) groups is 1. The van der Waals surface area contributed by atoms with Gasteiger partial charge in [-0.1, -0.05) is 109 Å². The van der Waals surface area contributed by atoms with Crippen molar-refractivity contribution in [2.24, 2.45) is 5.92 Å². The van der Waals surface area contributed by atoms with Crippen molar-refractivity contribution in [3.05, 3.63) is 60.7 Å². The van der Waals surface area contributed by atoms with Gasteiger partial charge in [-0.25, -0.2) is 0 Å². The number of carbonyl (C=O) groups excluding carboxylic acids is 1. The van der Waals surface area contributed by atoms with Crippen LogP contribution in [0.5, 0.6) is 0 Å². The summed E-state index contributed by atoms with van der Waals surface area (Å²) in [7, 11) is -5.24. The molecule has 0 amide bonds. The zero-order valence-corrected chi connectivity index (χ0v) is 29.0. The average molecular weight is 601 g/mol. The molecule has 8 heteroatoms. The van der Waals surface area contributed by atoms with Gasteiger partial charge >= 0.3 is 0 Å². The van der Waals surface area contributed by atoms with Crippen LogP contribution in [0, 0.1) is 5.92 Å². The maximum Gasteiger partial charge on any atom is 0.261 e. The van der Waals surface area contributed by atoms with Crippen LogP contribution >= 0.6 is 0 Å². The van der Waals surface area contributed by atoms with E-state index < -0.39 is 40.7 Å². The summed E-state index contributed by atoms with van der Waals surface area (Å²) in [5.41, 5.74) is 0. The van der Waals surface area contributed by atoms with E-state index >= 15 is 0 Å². The van der Waals surface area contributed by atoms with Crippen LogP contribution in [0.1, 0.15) is 62.3 Å². The Morgan fingerprint density at radius 1 is 0.951 bits per heavy atom. The molecule has 0 aromatic heterocycles. The standard InChI is InChI=1S/C33H52O6Si2/c1-24(22-37-41(32(5,6)7,25-18-14-12-15-19-25)26-20-16-13-17-21-26)28(34)30(39-40(10,11)31(2,3)4)29(35)27-23-36-33(8,9)38-27/h12-21,24,27-28,30,34H,22-23H2,1-11H3/t24-,27+,28+,30-/m1/s1. The van der Waals surface area contributed by atoms with Crippen LogP contribution in [0.2, 0.25) is 23.2 Å². The molecule has 0 unspecified atom stereocenters. The van der Waals surface area contributed by atoms with Gasteiger partial charge in [0.05, 0.1) is 12.7 Å². The molecule has 1 fully saturated rings. The van der Waals surface area contributed by atoms with Crippen molar-refractivity contribution >= 4 is 32.8 Å². The van der Waals surface area contributed by atoms with Crippen LogP contribution in [0.15, 0.2) is 60.7 Å². The topological polar surface area (TPSA) is 74.2 Å². The molecule has 0 saturated carbocycles. The van der Waals surface area contributed by atoms with Crippen LogP contribution < -0.4 is 10.4 Å². The second-order valence-corrected chi connectivity index (χ2v) is 23.5. The number of benzene rings is 2. The van der Waals surface area contributed by atoms with Crippen molar-refractivity contribution in [2.75, 3.05) is 13.2 Å². The first-order chi connectivity index (χ1) is 18.8. The molecule has 1 heterocycles. The first-order valence-electron chi connectivity index (χ1n) is 14.8. The molecular weight excluding hydrogens is 549 g/mol. The van der Waals surface area contributed by atoms with Crippen molar-refractivity contribution < 1.29 is 28.2 Å². The lowest BCUT2D eigenvalue weighted by Crippen LogP contribution is -2.67. The number of ether oxygens (including phenoxy) is 2. The number of ketones is 1. The van der Waals surface area contributed by atoms with Crippen molar-refractivity contribution in [2.45, 2.75) is 110 Å². The molecule has 1 aliphatic rings. The summed E-state index contributed by atoms with van der Waals surface area (Å²) in [4.78, 5) is 13.9. The smallest absolute Gasteiger partial charge is 0.261 e. The Balaban J connectivity index is 1.96. The highest BCUT2D eigenvalue weighted by Gasteiger charge is 2.52. The number of hydrogen-bond acceptors (Lipinski definition) is 6. The molecule has 2 aromatic carbocycles. The largest absolute Gasteiger partial charge is 0.407 e. The molecule has 41 heavy (non-hydrogen) atoms. The highest BCUT2D eigenvalue weighted by Crippen LogP contribution is 2.40. The minimum absolute atomic E-state index is 0.142. The highest BCUT2D eigenvalue weighted by atomic mass is 28.4. The van der Waals surface area contributed by atoms with E-state index in [1.807, 2.05) is 19.1 Å². The zero-order valence-electron chi connectivity index (χ0n) is 27.0. The Morgan fingerprint density at radius 2 is 1.44 bits per heavy atom. The van der Waals surface area contributed by atoms with Gasteiger partial charge in [0, 0.05) is 12.5 Å². The molecule has 0 bridgehead atoms.